The fourth-order valence-electron chi connectivity index (χ4n) is 3.62. The number of hydrogen-bond donors (Lipinski definition) is 0. The van der Waals surface area contributed by atoms with E-state index in [4.69, 9.17) is 14.2 Å². The van der Waals surface area contributed by atoms with Gasteiger partial charge in [0.25, 0.3) is 0 Å². The molecular weight excluding hydrogens is 270 g/mol. The van der Waals surface area contributed by atoms with E-state index in [0.29, 0.717) is 13.0 Å². The van der Waals surface area contributed by atoms with Crippen molar-refractivity contribution >= 4 is 5.97 Å². The highest BCUT2D eigenvalue weighted by Crippen LogP contribution is 2.39. The number of hydrogen-bond acceptors (Lipinski definition) is 5. The van der Waals surface area contributed by atoms with Gasteiger partial charge in [-0.1, -0.05) is 6.08 Å². The van der Waals surface area contributed by atoms with Crippen LogP contribution in [-0.2, 0) is 19.0 Å². The van der Waals surface area contributed by atoms with Gasteiger partial charge >= 0.3 is 5.97 Å². The molecule has 2 fully saturated rings. The molecule has 0 unspecified atom stereocenters. The van der Waals surface area contributed by atoms with Crippen molar-refractivity contribution in [2.45, 2.75) is 64.1 Å². The highest BCUT2D eigenvalue weighted by atomic mass is 16.8. The number of rotatable bonds is 3. The molecule has 0 amide bonds. The number of esters is 1. The van der Waals surface area contributed by atoms with Gasteiger partial charge in [-0.15, -0.1) is 0 Å². The fraction of sp³-hybridized carbons (Fsp3) is 0.812. The Morgan fingerprint density at radius 1 is 1.38 bits per heavy atom. The van der Waals surface area contributed by atoms with E-state index in [1.807, 2.05) is 20.8 Å². The van der Waals surface area contributed by atoms with Crippen molar-refractivity contribution in [2.75, 3.05) is 19.7 Å². The Bertz CT molecular complexity index is 440. The molecule has 0 aromatic carbocycles. The van der Waals surface area contributed by atoms with Crippen LogP contribution in [0.25, 0.3) is 0 Å². The van der Waals surface area contributed by atoms with Gasteiger partial charge in [0.2, 0.25) is 0 Å². The van der Waals surface area contributed by atoms with Gasteiger partial charge in [-0.25, -0.2) is 4.79 Å². The van der Waals surface area contributed by atoms with E-state index in [0.717, 1.165) is 18.7 Å². The van der Waals surface area contributed by atoms with Crippen LogP contribution < -0.4 is 0 Å². The van der Waals surface area contributed by atoms with Crippen LogP contribution in [0.1, 0.15) is 40.0 Å². The molecule has 2 heterocycles. The minimum atomic E-state index is -0.578. The third kappa shape index (κ3) is 3.00. The van der Waals surface area contributed by atoms with Crippen LogP contribution in [0.2, 0.25) is 0 Å². The summed E-state index contributed by atoms with van der Waals surface area (Å²) in [5, 5.41) is 0. The highest BCUT2D eigenvalue weighted by Gasteiger charge is 2.49. The average molecular weight is 295 g/mol. The third-order valence-corrected chi connectivity index (χ3v) is 4.45. The first kappa shape index (κ1) is 15.0. The van der Waals surface area contributed by atoms with Gasteiger partial charge in [-0.2, -0.15) is 0 Å². The maximum Gasteiger partial charge on any atom is 0.333 e. The highest BCUT2D eigenvalue weighted by molar-refractivity contribution is 5.89. The molecule has 3 atom stereocenters. The van der Waals surface area contributed by atoms with Crippen LogP contribution >= 0.6 is 0 Å². The van der Waals surface area contributed by atoms with Crippen LogP contribution in [0.4, 0.5) is 0 Å². The lowest BCUT2D eigenvalue weighted by molar-refractivity contribution is -0.149. The Balaban J connectivity index is 1.84. The normalized spacial score (nSPS) is 35.4. The summed E-state index contributed by atoms with van der Waals surface area (Å²) in [6, 6.07) is 0.118. The maximum atomic E-state index is 12.1. The number of ether oxygens (including phenoxy) is 3. The molecule has 5 nitrogen and oxygen atoms in total. The van der Waals surface area contributed by atoms with E-state index in [9.17, 15) is 4.79 Å². The van der Waals surface area contributed by atoms with Crippen molar-refractivity contribution < 1.29 is 19.0 Å². The first-order valence-electron chi connectivity index (χ1n) is 7.97. The molecule has 0 aromatic rings. The molecule has 0 saturated carbocycles. The van der Waals surface area contributed by atoms with Crippen LogP contribution in [0, 0.1) is 0 Å². The average Bonchev–Trinajstić information content (AvgIpc) is 3.03. The Hall–Kier alpha value is -0.910. The largest absolute Gasteiger partial charge is 0.463 e. The molecule has 2 aliphatic heterocycles. The second-order valence-corrected chi connectivity index (χ2v) is 6.49. The third-order valence-electron chi connectivity index (χ3n) is 4.45. The summed E-state index contributed by atoms with van der Waals surface area (Å²) in [5.41, 5.74) is 0.733. The van der Waals surface area contributed by atoms with Crippen molar-refractivity contribution in [1.29, 1.82) is 0 Å². The predicted molar refractivity (Wildman–Crippen MR) is 77.8 cm³/mol. The molecule has 0 spiro atoms. The lowest BCUT2D eigenvalue weighted by Crippen LogP contribution is -2.48. The second-order valence-electron chi connectivity index (χ2n) is 6.49. The predicted octanol–water partition coefficient (Wildman–Crippen LogP) is 1.86. The summed E-state index contributed by atoms with van der Waals surface area (Å²) >= 11 is 0. The van der Waals surface area contributed by atoms with E-state index in [2.05, 4.69) is 11.0 Å². The van der Waals surface area contributed by atoms with Gasteiger partial charge in [0.15, 0.2) is 5.79 Å². The molecule has 3 rings (SSSR count). The fourth-order valence-corrected chi connectivity index (χ4v) is 3.62. The minimum Gasteiger partial charge on any atom is -0.463 e. The summed E-state index contributed by atoms with van der Waals surface area (Å²) in [6.07, 6.45) is 5.00. The standard InChI is InChI=1S/C16H25NO4/c1-4-19-15(18)11-9-12(17-7-5-6-8-17)14-13(10-11)20-16(2,3)21-14/h9,12-14H,4-8,10H2,1-3H3/t12-,13-,14+/m1/s1. The van der Waals surface area contributed by atoms with Crippen molar-refractivity contribution in [1.82, 2.24) is 4.90 Å². The maximum absolute atomic E-state index is 12.1. The van der Waals surface area contributed by atoms with Crippen LogP contribution in [0.5, 0.6) is 0 Å². The van der Waals surface area contributed by atoms with E-state index in [-0.39, 0.29) is 24.2 Å². The molecule has 0 radical (unpaired) electrons. The second kappa shape index (κ2) is 5.71. The van der Waals surface area contributed by atoms with E-state index in [1.54, 1.807) is 0 Å². The lowest BCUT2D eigenvalue weighted by Gasteiger charge is -2.35. The zero-order valence-corrected chi connectivity index (χ0v) is 13.1. The molecular formula is C16H25NO4. The first-order chi connectivity index (χ1) is 10.00. The molecule has 0 bridgehead atoms. The summed E-state index contributed by atoms with van der Waals surface area (Å²) in [7, 11) is 0. The van der Waals surface area contributed by atoms with E-state index < -0.39 is 5.79 Å². The van der Waals surface area contributed by atoms with Gasteiger partial charge in [0.05, 0.1) is 18.8 Å². The first-order valence-corrected chi connectivity index (χ1v) is 7.97. The van der Waals surface area contributed by atoms with Crippen molar-refractivity contribution in [3.63, 3.8) is 0 Å². The van der Waals surface area contributed by atoms with Gasteiger partial charge in [-0.3, -0.25) is 4.90 Å². The van der Waals surface area contributed by atoms with Gasteiger partial charge in [-0.05, 0) is 46.7 Å². The molecule has 118 valence electrons. The zero-order valence-electron chi connectivity index (χ0n) is 13.1. The molecule has 0 N–H and O–H groups in total. The quantitative estimate of drug-likeness (QED) is 0.744. The van der Waals surface area contributed by atoms with Gasteiger partial charge < -0.3 is 14.2 Å². The van der Waals surface area contributed by atoms with Gasteiger partial charge in [0, 0.05) is 12.0 Å². The molecule has 1 aliphatic carbocycles. The minimum absolute atomic E-state index is 0.0104. The molecule has 2 saturated heterocycles. The number of carbonyl (C=O) groups excluding carboxylic acids is 1. The van der Waals surface area contributed by atoms with Gasteiger partial charge in [0.1, 0.15) is 6.10 Å². The van der Waals surface area contributed by atoms with Crippen molar-refractivity contribution in [3.05, 3.63) is 11.6 Å². The van der Waals surface area contributed by atoms with Crippen LogP contribution in [-0.4, -0.2) is 54.6 Å². The molecule has 21 heavy (non-hydrogen) atoms. The van der Waals surface area contributed by atoms with Crippen molar-refractivity contribution in [3.8, 4) is 0 Å². The van der Waals surface area contributed by atoms with Crippen molar-refractivity contribution in [2.24, 2.45) is 0 Å². The van der Waals surface area contributed by atoms with E-state index >= 15 is 0 Å². The smallest absolute Gasteiger partial charge is 0.333 e. The zero-order chi connectivity index (χ0) is 15.0. The summed E-state index contributed by atoms with van der Waals surface area (Å²) in [4.78, 5) is 14.5. The Labute approximate surface area is 126 Å². The molecule has 3 aliphatic rings. The van der Waals surface area contributed by atoms with Crippen LogP contribution in [0.3, 0.4) is 0 Å². The Kier molecular flexibility index (Phi) is 4.08. The van der Waals surface area contributed by atoms with Crippen LogP contribution in [0.15, 0.2) is 11.6 Å². The lowest BCUT2D eigenvalue weighted by atomic mass is 9.89. The SMILES string of the molecule is CCOC(=O)C1=C[C@@H](N2CCCC2)[C@@H]2OC(C)(C)O[C@@H]2C1. The summed E-state index contributed by atoms with van der Waals surface area (Å²) in [6.45, 7) is 8.24. The monoisotopic (exact) mass is 295 g/mol. The molecule has 5 heteroatoms. The number of likely N-dealkylation sites (tertiary alicyclic amines) is 1. The Morgan fingerprint density at radius 2 is 2.10 bits per heavy atom. The summed E-state index contributed by atoms with van der Waals surface area (Å²) in [5.74, 6) is -0.793. The van der Waals surface area contributed by atoms with E-state index in [1.165, 1.54) is 12.8 Å². The summed E-state index contributed by atoms with van der Waals surface area (Å²) < 4.78 is 17.3. The Morgan fingerprint density at radius 3 is 2.76 bits per heavy atom. The topological polar surface area (TPSA) is 48.0 Å². The number of fused-ring (bicyclic) bond motifs is 1. The number of carbonyl (C=O) groups is 1. The molecule has 0 aromatic heterocycles. The number of nitrogens with zero attached hydrogens (tertiary/aromatic N) is 1.